The van der Waals surface area contributed by atoms with Crippen molar-refractivity contribution in [3.63, 3.8) is 0 Å². The Bertz CT molecular complexity index is 626. The smallest absolute Gasteiger partial charge is 0.273 e. The van der Waals surface area contributed by atoms with Crippen LogP contribution in [0, 0.1) is 6.92 Å². The van der Waals surface area contributed by atoms with Crippen molar-refractivity contribution in [2.75, 3.05) is 0 Å². The summed E-state index contributed by atoms with van der Waals surface area (Å²) in [5.74, 6) is 0.503. The van der Waals surface area contributed by atoms with Crippen molar-refractivity contribution in [1.29, 1.82) is 0 Å². The van der Waals surface area contributed by atoms with Crippen molar-refractivity contribution < 1.29 is 8.42 Å². The number of sulfonamides is 1. The van der Waals surface area contributed by atoms with Crippen LogP contribution in [-0.2, 0) is 17.1 Å². The quantitative estimate of drug-likeness (QED) is 0.849. The predicted molar refractivity (Wildman–Crippen MR) is 60.4 cm³/mol. The van der Waals surface area contributed by atoms with Gasteiger partial charge in [0.1, 0.15) is 0 Å². The zero-order valence-corrected chi connectivity index (χ0v) is 10.3. The molecule has 8 heteroatoms. The van der Waals surface area contributed by atoms with Crippen molar-refractivity contribution in [1.82, 2.24) is 14.8 Å². The number of aryl methyl sites for hydroxylation is 1. The van der Waals surface area contributed by atoms with E-state index in [1.165, 1.54) is 15.9 Å². The number of hydrogen-bond donors (Lipinski definition) is 1. The molecular weight excluding hydrogens is 248 g/mol. The number of primary sulfonamides is 1. The summed E-state index contributed by atoms with van der Waals surface area (Å²) in [6.45, 7) is 1.93. The molecule has 0 aliphatic carbocycles. The number of nitrogens with zero attached hydrogens (tertiary/aromatic N) is 3. The van der Waals surface area contributed by atoms with Crippen LogP contribution in [0.4, 0.5) is 0 Å². The molecule has 0 aliphatic rings. The van der Waals surface area contributed by atoms with Gasteiger partial charge >= 0.3 is 0 Å². The molecule has 0 aliphatic heterocycles. The van der Waals surface area contributed by atoms with Crippen LogP contribution in [-0.4, -0.2) is 23.2 Å². The molecule has 0 atom stereocenters. The molecule has 0 fully saturated rings. The van der Waals surface area contributed by atoms with Gasteiger partial charge in [-0.15, -0.1) is 10.2 Å². The van der Waals surface area contributed by atoms with Gasteiger partial charge in [0, 0.05) is 18.0 Å². The molecule has 2 aromatic rings. The molecule has 2 rings (SSSR count). The minimum atomic E-state index is -3.82. The Hall–Kier alpha value is -1.25. The first kappa shape index (κ1) is 11.2. The van der Waals surface area contributed by atoms with Crippen molar-refractivity contribution >= 4 is 21.4 Å². The summed E-state index contributed by atoms with van der Waals surface area (Å²) in [5.41, 5.74) is 1.90. The van der Waals surface area contributed by atoms with Crippen LogP contribution in [0.25, 0.3) is 11.4 Å². The standard InChI is InChI=1S/C8H10N4O2S2/c1-5-3-15-4-6(5)7-10-11-8(12(7)2)16(9,13)14/h3-4H,1-2H3,(H2,9,13,14). The van der Waals surface area contributed by atoms with Gasteiger partial charge in [0.25, 0.3) is 15.2 Å². The minimum absolute atomic E-state index is 0.229. The van der Waals surface area contributed by atoms with Gasteiger partial charge < -0.3 is 0 Å². The third-order valence-electron chi connectivity index (χ3n) is 2.19. The van der Waals surface area contributed by atoms with Crippen LogP contribution in [0.5, 0.6) is 0 Å². The van der Waals surface area contributed by atoms with Crippen LogP contribution in [0.2, 0.25) is 0 Å². The van der Waals surface area contributed by atoms with Gasteiger partial charge in [-0.3, -0.25) is 4.57 Å². The van der Waals surface area contributed by atoms with Crippen molar-refractivity contribution in [3.05, 3.63) is 16.3 Å². The summed E-state index contributed by atoms with van der Waals surface area (Å²) in [7, 11) is -2.25. The third kappa shape index (κ3) is 1.75. The maximum Gasteiger partial charge on any atom is 0.273 e. The lowest BCUT2D eigenvalue weighted by Gasteiger charge is -2.01. The molecule has 2 N–H and O–H groups in total. The summed E-state index contributed by atoms with van der Waals surface area (Å²) in [5, 5.41) is 16.1. The molecule has 86 valence electrons. The number of thiophene rings is 1. The first-order valence-electron chi connectivity index (χ1n) is 4.36. The molecule has 0 saturated heterocycles. The topological polar surface area (TPSA) is 90.9 Å². The first-order valence-corrected chi connectivity index (χ1v) is 6.85. The van der Waals surface area contributed by atoms with Crippen molar-refractivity contribution in [2.24, 2.45) is 12.2 Å². The van der Waals surface area contributed by atoms with E-state index in [4.69, 9.17) is 5.14 Å². The van der Waals surface area contributed by atoms with E-state index < -0.39 is 10.0 Å². The van der Waals surface area contributed by atoms with E-state index >= 15 is 0 Å². The van der Waals surface area contributed by atoms with Crippen LogP contribution in [0.3, 0.4) is 0 Å². The molecule has 0 aromatic carbocycles. The third-order valence-corrected chi connectivity index (χ3v) is 3.91. The molecule has 0 saturated carbocycles. The highest BCUT2D eigenvalue weighted by atomic mass is 32.2. The normalized spacial score (nSPS) is 11.9. The average Bonchev–Trinajstić information content (AvgIpc) is 2.70. The number of rotatable bonds is 2. The maximum atomic E-state index is 11.2. The van der Waals surface area contributed by atoms with Crippen LogP contribution < -0.4 is 5.14 Å². The molecule has 16 heavy (non-hydrogen) atoms. The molecule has 0 spiro atoms. The highest BCUT2D eigenvalue weighted by Gasteiger charge is 2.20. The highest BCUT2D eigenvalue weighted by molar-refractivity contribution is 7.89. The SMILES string of the molecule is Cc1cscc1-c1nnc(S(N)(=O)=O)n1C. The fourth-order valence-electron chi connectivity index (χ4n) is 1.39. The summed E-state index contributed by atoms with van der Waals surface area (Å²) < 4.78 is 23.7. The van der Waals surface area contributed by atoms with Crippen LogP contribution >= 0.6 is 11.3 Å². The summed E-state index contributed by atoms with van der Waals surface area (Å²) in [6, 6.07) is 0. The highest BCUT2D eigenvalue weighted by Crippen LogP contribution is 2.25. The molecular formula is C8H10N4O2S2. The maximum absolute atomic E-state index is 11.2. The lowest BCUT2D eigenvalue weighted by Crippen LogP contribution is -2.17. The fraction of sp³-hybridized carbons (Fsp3) is 0.250. The van der Waals surface area contributed by atoms with Gasteiger partial charge in [-0.1, -0.05) is 0 Å². The van der Waals surface area contributed by atoms with Gasteiger partial charge in [-0.2, -0.15) is 11.3 Å². The Balaban J connectivity index is 2.63. The predicted octanol–water partition coefficient (Wildman–Crippen LogP) is 0.499. The largest absolute Gasteiger partial charge is 0.300 e. The molecule has 0 bridgehead atoms. The van der Waals surface area contributed by atoms with E-state index in [1.807, 2.05) is 17.7 Å². The van der Waals surface area contributed by atoms with Crippen molar-refractivity contribution in [3.8, 4) is 11.4 Å². The number of aromatic nitrogens is 3. The summed E-state index contributed by atoms with van der Waals surface area (Å²) in [4.78, 5) is 0. The molecule has 0 radical (unpaired) electrons. The summed E-state index contributed by atoms with van der Waals surface area (Å²) >= 11 is 1.52. The van der Waals surface area contributed by atoms with Crippen molar-refractivity contribution in [2.45, 2.75) is 12.1 Å². The summed E-state index contributed by atoms with van der Waals surface area (Å²) in [6.07, 6.45) is 0. The average molecular weight is 258 g/mol. The van der Waals surface area contributed by atoms with Gasteiger partial charge in [0.05, 0.1) is 0 Å². The van der Waals surface area contributed by atoms with E-state index in [9.17, 15) is 8.42 Å². The Labute approximate surface area is 96.8 Å². The van der Waals surface area contributed by atoms with Crippen LogP contribution in [0.15, 0.2) is 15.9 Å². The molecule has 2 aromatic heterocycles. The van der Waals surface area contributed by atoms with Gasteiger partial charge in [-0.05, 0) is 17.9 Å². The minimum Gasteiger partial charge on any atom is -0.300 e. The Morgan fingerprint density at radius 3 is 2.50 bits per heavy atom. The molecule has 6 nitrogen and oxygen atoms in total. The Morgan fingerprint density at radius 2 is 2.06 bits per heavy atom. The molecule has 0 unspecified atom stereocenters. The van der Waals surface area contributed by atoms with E-state index in [0.717, 1.165) is 11.1 Å². The Kier molecular flexibility index (Phi) is 2.56. The first-order chi connectivity index (χ1) is 7.41. The fourth-order valence-corrected chi connectivity index (χ4v) is 2.84. The van der Waals surface area contributed by atoms with E-state index in [-0.39, 0.29) is 5.16 Å². The number of nitrogens with two attached hydrogens (primary N) is 1. The molecule has 0 amide bonds. The van der Waals surface area contributed by atoms with Crippen LogP contribution in [0.1, 0.15) is 5.56 Å². The van der Waals surface area contributed by atoms with Gasteiger partial charge in [-0.25, -0.2) is 13.6 Å². The second kappa shape index (κ2) is 3.65. The zero-order chi connectivity index (χ0) is 11.9. The lowest BCUT2D eigenvalue weighted by molar-refractivity contribution is 0.580. The number of hydrogen-bond acceptors (Lipinski definition) is 5. The second-order valence-electron chi connectivity index (χ2n) is 3.38. The lowest BCUT2D eigenvalue weighted by atomic mass is 10.2. The zero-order valence-electron chi connectivity index (χ0n) is 8.71. The monoisotopic (exact) mass is 258 g/mol. The Morgan fingerprint density at radius 1 is 1.38 bits per heavy atom. The van der Waals surface area contributed by atoms with E-state index in [0.29, 0.717) is 5.82 Å². The molecule has 2 heterocycles. The van der Waals surface area contributed by atoms with Gasteiger partial charge in [0.15, 0.2) is 5.82 Å². The van der Waals surface area contributed by atoms with Gasteiger partial charge in [0.2, 0.25) is 0 Å². The second-order valence-corrected chi connectivity index (χ2v) is 5.58. The van der Waals surface area contributed by atoms with E-state index in [2.05, 4.69) is 10.2 Å². The van der Waals surface area contributed by atoms with E-state index in [1.54, 1.807) is 7.05 Å².